The summed E-state index contributed by atoms with van der Waals surface area (Å²) < 4.78 is 17.0. The Bertz CT molecular complexity index is 780. The summed E-state index contributed by atoms with van der Waals surface area (Å²) in [7, 11) is 3.31. The normalized spacial score (nSPS) is 18.6. The summed E-state index contributed by atoms with van der Waals surface area (Å²) in [6, 6.07) is 12.7. The average Bonchev–Trinajstić information content (AvgIpc) is 2.60. The van der Waals surface area contributed by atoms with Gasteiger partial charge in [0.15, 0.2) is 11.5 Å². The van der Waals surface area contributed by atoms with Gasteiger partial charge in [0.05, 0.1) is 7.11 Å². The van der Waals surface area contributed by atoms with Gasteiger partial charge < -0.3 is 19.1 Å². The molecule has 2 aromatic rings. The number of methoxy groups -OCH3 is 1. The summed E-state index contributed by atoms with van der Waals surface area (Å²) >= 11 is 6.06. The smallest absolute Gasteiger partial charge is 0.267 e. The van der Waals surface area contributed by atoms with Crippen molar-refractivity contribution in [2.45, 2.75) is 25.7 Å². The summed E-state index contributed by atoms with van der Waals surface area (Å²) in [4.78, 5) is 14.4. The molecule has 1 heterocycles. The van der Waals surface area contributed by atoms with Crippen LogP contribution in [0.25, 0.3) is 0 Å². The second kappa shape index (κ2) is 7.23. The predicted molar refractivity (Wildman–Crippen MR) is 95.4 cm³/mol. The van der Waals surface area contributed by atoms with Crippen LogP contribution in [0.4, 0.5) is 0 Å². The van der Waals surface area contributed by atoms with Crippen LogP contribution < -0.4 is 14.2 Å². The number of ether oxygens (including phenoxy) is 3. The molecule has 2 unspecified atom stereocenters. The SMILES string of the molecule is COc1ccc(Cl)cc1CN(C)C(=O)C1Oc2ccccc2OC1C. The predicted octanol–water partition coefficient (Wildman–Crippen LogP) is 3.54. The average molecular weight is 362 g/mol. The van der Waals surface area contributed by atoms with E-state index >= 15 is 0 Å². The Labute approximate surface area is 152 Å². The maximum absolute atomic E-state index is 12.9. The van der Waals surface area contributed by atoms with Crippen molar-refractivity contribution in [2.75, 3.05) is 14.2 Å². The number of benzene rings is 2. The molecular weight excluding hydrogens is 342 g/mol. The van der Waals surface area contributed by atoms with Crippen molar-refractivity contribution in [3.8, 4) is 17.2 Å². The number of carbonyl (C=O) groups excluding carboxylic acids is 1. The van der Waals surface area contributed by atoms with Crippen LogP contribution in [0.3, 0.4) is 0 Å². The first-order chi connectivity index (χ1) is 12.0. The number of likely N-dealkylation sites (N-methyl/N-ethyl adjacent to an activating group) is 1. The van der Waals surface area contributed by atoms with Gasteiger partial charge in [0.1, 0.15) is 11.9 Å². The molecule has 6 heteroatoms. The third kappa shape index (κ3) is 3.66. The van der Waals surface area contributed by atoms with E-state index in [1.807, 2.05) is 25.1 Å². The molecule has 1 amide bonds. The highest BCUT2D eigenvalue weighted by Gasteiger charge is 2.35. The van der Waals surface area contributed by atoms with Gasteiger partial charge >= 0.3 is 0 Å². The maximum atomic E-state index is 12.9. The molecule has 132 valence electrons. The van der Waals surface area contributed by atoms with Crippen molar-refractivity contribution in [3.05, 3.63) is 53.1 Å². The number of hydrogen-bond acceptors (Lipinski definition) is 4. The molecule has 0 N–H and O–H groups in total. The number of fused-ring (bicyclic) bond motifs is 1. The fraction of sp³-hybridized carbons (Fsp3) is 0.316. The maximum Gasteiger partial charge on any atom is 0.267 e. The Kier molecular flexibility index (Phi) is 5.04. The third-order valence-electron chi connectivity index (χ3n) is 4.11. The van der Waals surface area contributed by atoms with Crippen LogP contribution in [0.2, 0.25) is 5.02 Å². The molecule has 0 saturated heterocycles. The molecule has 0 aliphatic carbocycles. The first-order valence-electron chi connectivity index (χ1n) is 7.99. The summed E-state index contributed by atoms with van der Waals surface area (Å²) in [6.07, 6.45) is -1.09. The lowest BCUT2D eigenvalue weighted by molar-refractivity contribution is -0.143. The molecule has 1 aliphatic rings. The molecule has 0 bridgehead atoms. The van der Waals surface area contributed by atoms with E-state index in [-0.39, 0.29) is 12.0 Å². The second-order valence-corrected chi connectivity index (χ2v) is 6.40. The van der Waals surface area contributed by atoms with Crippen molar-refractivity contribution in [1.29, 1.82) is 0 Å². The van der Waals surface area contributed by atoms with Gasteiger partial charge in [-0.3, -0.25) is 4.79 Å². The molecule has 5 nitrogen and oxygen atoms in total. The van der Waals surface area contributed by atoms with Crippen LogP contribution in [0.5, 0.6) is 17.2 Å². The zero-order valence-corrected chi connectivity index (χ0v) is 15.1. The third-order valence-corrected chi connectivity index (χ3v) is 4.35. The topological polar surface area (TPSA) is 48.0 Å². The van der Waals surface area contributed by atoms with Crippen molar-refractivity contribution in [1.82, 2.24) is 4.90 Å². The number of halogens is 1. The molecule has 25 heavy (non-hydrogen) atoms. The van der Waals surface area contributed by atoms with E-state index in [9.17, 15) is 4.79 Å². The summed E-state index contributed by atoms with van der Waals surface area (Å²) in [5.74, 6) is 1.75. The van der Waals surface area contributed by atoms with Crippen LogP contribution >= 0.6 is 11.6 Å². The highest BCUT2D eigenvalue weighted by Crippen LogP contribution is 2.34. The highest BCUT2D eigenvalue weighted by atomic mass is 35.5. The Hall–Kier alpha value is -2.40. The van der Waals surface area contributed by atoms with E-state index in [4.69, 9.17) is 25.8 Å². The van der Waals surface area contributed by atoms with Crippen molar-refractivity contribution >= 4 is 17.5 Å². The zero-order valence-electron chi connectivity index (χ0n) is 14.4. The van der Waals surface area contributed by atoms with E-state index in [1.165, 1.54) is 0 Å². The number of amides is 1. The lowest BCUT2D eigenvalue weighted by Gasteiger charge is -2.33. The summed E-state index contributed by atoms with van der Waals surface area (Å²) in [5, 5.41) is 0.594. The van der Waals surface area contributed by atoms with E-state index in [2.05, 4.69) is 0 Å². The summed E-state index contributed by atoms with van der Waals surface area (Å²) in [6.45, 7) is 2.18. The van der Waals surface area contributed by atoms with Crippen molar-refractivity contribution in [2.24, 2.45) is 0 Å². The fourth-order valence-electron chi connectivity index (χ4n) is 2.81. The minimum atomic E-state index is -0.704. The molecule has 2 aromatic carbocycles. The van der Waals surface area contributed by atoms with Crippen LogP contribution in [0.1, 0.15) is 12.5 Å². The standard InChI is InChI=1S/C19H20ClNO4/c1-12-18(25-17-7-5-4-6-16(17)24-12)19(22)21(2)11-13-10-14(20)8-9-15(13)23-3/h4-10,12,18H,11H2,1-3H3. The molecule has 1 aliphatic heterocycles. The van der Waals surface area contributed by atoms with Gasteiger partial charge in [-0.2, -0.15) is 0 Å². The number of hydrogen-bond donors (Lipinski definition) is 0. The molecule has 3 rings (SSSR count). The van der Waals surface area contributed by atoms with E-state index < -0.39 is 6.10 Å². The van der Waals surface area contributed by atoms with E-state index in [0.717, 1.165) is 5.56 Å². The Morgan fingerprint density at radius 1 is 1.20 bits per heavy atom. The van der Waals surface area contributed by atoms with Crippen LogP contribution in [-0.4, -0.2) is 37.2 Å². The number of rotatable bonds is 4. The summed E-state index contributed by atoms with van der Waals surface area (Å²) in [5.41, 5.74) is 0.829. The second-order valence-electron chi connectivity index (χ2n) is 5.96. The largest absolute Gasteiger partial charge is 0.496 e. The lowest BCUT2D eigenvalue weighted by Crippen LogP contribution is -2.49. The molecule has 0 fully saturated rings. The van der Waals surface area contributed by atoms with Gasteiger partial charge in [-0.25, -0.2) is 0 Å². The van der Waals surface area contributed by atoms with Gasteiger partial charge in [-0.05, 0) is 37.3 Å². The lowest BCUT2D eigenvalue weighted by atomic mass is 10.1. The molecule has 0 aromatic heterocycles. The van der Waals surface area contributed by atoms with E-state index in [0.29, 0.717) is 28.8 Å². The van der Waals surface area contributed by atoms with Gasteiger partial charge in [-0.15, -0.1) is 0 Å². The molecule has 0 spiro atoms. The fourth-order valence-corrected chi connectivity index (χ4v) is 3.01. The van der Waals surface area contributed by atoms with Crippen LogP contribution in [0, 0.1) is 0 Å². The monoisotopic (exact) mass is 361 g/mol. The van der Waals surface area contributed by atoms with Gasteiger partial charge in [0.25, 0.3) is 5.91 Å². The minimum absolute atomic E-state index is 0.163. The quantitative estimate of drug-likeness (QED) is 0.835. The number of nitrogens with zero attached hydrogens (tertiary/aromatic N) is 1. The van der Waals surface area contributed by atoms with Gasteiger partial charge in [0, 0.05) is 24.2 Å². The van der Waals surface area contributed by atoms with Crippen molar-refractivity contribution < 1.29 is 19.0 Å². The van der Waals surface area contributed by atoms with Crippen molar-refractivity contribution in [3.63, 3.8) is 0 Å². The molecule has 0 radical (unpaired) electrons. The Balaban J connectivity index is 1.76. The Morgan fingerprint density at radius 2 is 1.88 bits per heavy atom. The first-order valence-corrected chi connectivity index (χ1v) is 8.37. The number of para-hydroxylation sites is 2. The van der Waals surface area contributed by atoms with Crippen LogP contribution in [-0.2, 0) is 11.3 Å². The molecule has 2 atom stereocenters. The highest BCUT2D eigenvalue weighted by molar-refractivity contribution is 6.30. The van der Waals surface area contributed by atoms with Crippen LogP contribution in [0.15, 0.2) is 42.5 Å². The molecular formula is C19H20ClNO4. The minimum Gasteiger partial charge on any atom is -0.496 e. The first kappa shape index (κ1) is 17.4. The number of carbonyl (C=O) groups is 1. The molecule has 0 saturated carbocycles. The Morgan fingerprint density at radius 3 is 2.56 bits per heavy atom. The zero-order chi connectivity index (χ0) is 18.0. The van der Waals surface area contributed by atoms with E-state index in [1.54, 1.807) is 43.3 Å². The van der Waals surface area contributed by atoms with Gasteiger partial charge in [0.2, 0.25) is 6.10 Å². The van der Waals surface area contributed by atoms with Gasteiger partial charge in [-0.1, -0.05) is 23.7 Å².